The van der Waals surface area contributed by atoms with Crippen molar-refractivity contribution in [3.8, 4) is 11.1 Å². The Morgan fingerprint density at radius 1 is 1.15 bits per heavy atom. The van der Waals surface area contributed by atoms with Gasteiger partial charge in [-0.25, -0.2) is 9.97 Å². The second kappa shape index (κ2) is 7.02. The van der Waals surface area contributed by atoms with Crippen LogP contribution in [0.25, 0.3) is 22.0 Å². The summed E-state index contributed by atoms with van der Waals surface area (Å²) >= 11 is 0. The number of nitrogen functional groups attached to an aromatic ring is 1. The van der Waals surface area contributed by atoms with E-state index in [1.165, 1.54) is 6.08 Å². The van der Waals surface area contributed by atoms with Crippen LogP contribution in [0.3, 0.4) is 0 Å². The van der Waals surface area contributed by atoms with Gasteiger partial charge in [-0.05, 0) is 41.5 Å². The van der Waals surface area contributed by atoms with E-state index < -0.39 is 0 Å². The van der Waals surface area contributed by atoms with Crippen molar-refractivity contribution in [3.63, 3.8) is 0 Å². The van der Waals surface area contributed by atoms with Crippen molar-refractivity contribution in [2.45, 2.75) is 0 Å². The third-order valence-corrected chi connectivity index (χ3v) is 3.81. The maximum atomic E-state index is 12.1. The lowest BCUT2D eigenvalue weighted by molar-refractivity contribution is -0.111. The van der Waals surface area contributed by atoms with Crippen molar-refractivity contribution in [1.82, 2.24) is 15.3 Å². The molecule has 7 nitrogen and oxygen atoms in total. The van der Waals surface area contributed by atoms with E-state index in [0.29, 0.717) is 16.8 Å². The fourth-order valence-electron chi connectivity index (χ4n) is 2.55. The molecule has 3 rings (SSSR count). The number of hydrogen-bond donors (Lipinski definition) is 3. The summed E-state index contributed by atoms with van der Waals surface area (Å²) in [4.78, 5) is 31.9. The zero-order valence-electron chi connectivity index (χ0n) is 14.1. The lowest BCUT2D eigenvalue weighted by Crippen LogP contribution is -2.18. The third-order valence-electron chi connectivity index (χ3n) is 3.81. The predicted molar refractivity (Wildman–Crippen MR) is 102 cm³/mol. The van der Waals surface area contributed by atoms with E-state index in [-0.39, 0.29) is 17.8 Å². The molecule has 3 aromatic rings. The molecule has 0 aliphatic carbocycles. The van der Waals surface area contributed by atoms with E-state index in [1.807, 2.05) is 18.2 Å². The number of nitrogens with zero attached hydrogens (tertiary/aromatic N) is 2. The Bertz CT molecular complexity index is 1030. The molecule has 0 unspecified atom stereocenters. The molecule has 0 fully saturated rings. The molecule has 4 N–H and O–H groups in total. The van der Waals surface area contributed by atoms with Crippen LogP contribution in [-0.4, -0.2) is 28.8 Å². The average Bonchev–Trinajstić information content (AvgIpc) is 2.66. The number of fused-ring (bicyclic) bond motifs is 1. The number of anilines is 2. The third kappa shape index (κ3) is 3.51. The van der Waals surface area contributed by atoms with Crippen molar-refractivity contribution in [2.24, 2.45) is 0 Å². The second-order valence-corrected chi connectivity index (χ2v) is 5.57. The van der Waals surface area contributed by atoms with Gasteiger partial charge >= 0.3 is 0 Å². The van der Waals surface area contributed by atoms with Crippen molar-refractivity contribution in [2.75, 3.05) is 18.1 Å². The number of nitrogens with two attached hydrogens (primary N) is 1. The largest absolute Gasteiger partial charge is 0.368 e. The number of carbonyl (C=O) groups is 2. The number of amides is 2. The van der Waals surface area contributed by atoms with Gasteiger partial charge in [-0.1, -0.05) is 18.7 Å². The molecule has 0 radical (unpaired) electrons. The van der Waals surface area contributed by atoms with Crippen LogP contribution >= 0.6 is 0 Å². The molecule has 0 saturated carbocycles. The second-order valence-electron chi connectivity index (χ2n) is 5.57. The molecule has 0 spiro atoms. The van der Waals surface area contributed by atoms with E-state index in [2.05, 4.69) is 27.2 Å². The standard InChI is InChI=1S/C19H17N5O2/c1-3-17(25)23-15-7-13(6-14(8-15)18(26)21-2)11-4-5-12-10-22-19(20)24-16(12)9-11/h3-10H,1H2,2H3,(H,21,26)(H,23,25)(H2,20,22,24). The van der Waals surface area contributed by atoms with Gasteiger partial charge in [0.1, 0.15) is 0 Å². The minimum Gasteiger partial charge on any atom is -0.368 e. The Hall–Kier alpha value is -3.74. The van der Waals surface area contributed by atoms with Gasteiger partial charge in [0.2, 0.25) is 11.9 Å². The molecule has 0 saturated heterocycles. The summed E-state index contributed by atoms with van der Waals surface area (Å²) in [5.74, 6) is -0.426. The fourth-order valence-corrected chi connectivity index (χ4v) is 2.55. The Balaban J connectivity index is 2.13. The lowest BCUT2D eigenvalue weighted by atomic mass is 10.0. The maximum absolute atomic E-state index is 12.1. The van der Waals surface area contributed by atoms with Gasteiger partial charge in [-0.2, -0.15) is 0 Å². The van der Waals surface area contributed by atoms with E-state index in [9.17, 15) is 9.59 Å². The van der Waals surface area contributed by atoms with E-state index in [4.69, 9.17) is 5.73 Å². The molecule has 26 heavy (non-hydrogen) atoms. The summed E-state index contributed by atoms with van der Waals surface area (Å²) in [6, 6.07) is 10.7. The van der Waals surface area contributed by atoms with Crippen molar-refractivity contribution in [1.29, 1.82) is 0 Å². The molecule has 0 aliphatic rings. The molecule has 0 aliphatic heterocycles. The molecule has 0 atom stereocenters. The Kier molecular flexibility index (Phi) is 4.62. The van der Waals surface area contributed by atoms with E-state index >= 15 is 0 Å². The summed E-state index contributed by atoms with van der Waals surface area (Å²) < 4.78 is 0. The molecular weight excluding hydrogens is 330 g/mol. The molecule has 130 valence electrons. The summed E-state index contributed by atoms with van der Waals surface area (Å²) in [6.07, 6.45) is 2.82. The Labute approximate surface area is 150 Å². The first-order valence-electron chi connectivity index (χ1n) is 7.83. The number of benzene rings is 2. The maximum Gasteiger partial charge on any atom is 0.251 e. The highest BCUT2D eigenvalue weighted by atomic mass is 16.2. The molecule has 1 aromatic heterocycles. The van der Waals surface area contributed by atoms with Crippen molar-refractivity contribution in [3.05, 3.63) is 60.8 Å². The van der Waals surface area contributed by atoms with Gasteiger partial charge in [0, 0.05) is 29.9 Å². The molecular formula is C19H17N5O2. The quantitative estimate of drug-likeness (QED) is 0.628. The highest BCUT2D eigenvalue weighted by Crippen LogP contribution is 2.27. The van der Waals surface area contributed by atoms with Crippen molar-refractivity contribution >= 4 is 34.4 Å². The van der Waals surface area contributed by atoms with Gasteiger partial charge in [-0.15, -0.1) is 0 Å². The zero-order valence-corrected chi connectivity index (χ0v) is 14.1. The van der Waals surface area contributed by atoms with Crippen LogP contribution in [0, 0.1) is 0 Å². The minimum absolute atomic E-state index is 0.188. The molecule has 2 aromatic carbocycles. The van der Waals surface area contributed by atoms with Crippen LogP contribution in [0.15, 0.2) is 55.3 Å². The number of carbonyl (C=O) groups excluding carboxylic acids is 2. The van der Waals surface area contributed by atoms with E-state index in [1.54, 1.807) is 31.4 Å². The van der Waals surface area contributed by atoms with Gasteiger partial charge in [-0.3, -0.25) is 9.59 Å². The highest BCUT2D eigenvalue weighted by Gasteiger charge is 2.11. The van der Waals surface area contributed by atoms with Crippen LogP contribution < -0.4 is 16.4 Å². The minimum atomic E-state index is -0.357. The first-order valence-corrected chi connectivity index (χ1v) is 7.83. The lowest BCUT2D eigenvalue weighted by Gasteiger charge is -2.11. The molecule has 0 bridgehead atoms. The molecule has 7 heteroatoms. The first kappa shape index (κ1) is 17.1. The SMILES string of the molecule is C=CC(=O)Nc1cc(C(=O)NC)cc(-c2ccc3cnc(N)nc3c2)c1. The summed E-state index contributed by atoms with van der Waals surface area (Å²) in [7, 11) is 1.55. The van der Waals surface area contributed by atoms with Crippen LogP contribution in [0.4, 0.5) is 11.6 Å². The summed E-state index contributed by atoms with van der Waals surface area (Å²) in [5, 5.41) is 6.12. The number of hydrogen-bond acceptors (Lipinski definition) is 5. The predicted octanol–water partition coefficient (Wildman–Crippen LogP) is 2.36. The normalized spacial score (nSPS) is 10.3. The average molecular weight is 347 g/mol. The summed E-state index contributed by atoms with van der Waals surface area (Å²) in [6.45, 7) is 3.44. The first-order chi connectivity index (χ1) is 12.5. The van der Waals surface area contributed by atoms with Crippen molar-refractivity contribution < 1.29 is 9.59 Å². The zero-order chi connectivity index (χ0) is 18.7. The van der Waals surface area contributed by atoms with Crippen LogP contribution in [-0.2, 0) is 4.79 Å². The molecule has 1 heterocycles. The molecule has 2 amide bonds. The van der Waals surface area contributed by atoms with Gasteiger partial charge in [0.25, 0.3) is 5.91 Å². The van der Waals surface area contributed by atoms with Crippen LogP contribution in [0.5, 0.6) is 0 Å². The Morgan fingerprint density at radius 3 is 2.69 bits per heavy atom. The van der Waals surface area contributed by atoms with Crippen LogP contribution in [0.2, 0.25) is 0 Å². The summed E-state index contributed by atoms with van der Waals surface area (Å²) in [5.41, 5.74) is 8.85. The smallest absolute Gasteiger partial charge is 0.251 e. The van der Waals surface area contributed by atoms with E-state index in [0.717, 1.165) is 16.5 Å². The van der Waals surface area contributed by atoms with Gasteiger partial charge in [0.15, 0.2) is 0 Å². The number of rotatable bonds is 4. The Morgan fingerprint density at radius 2 is 1.96 bits per heavy atom. The van der Waals surface area contributed by atoms with Crippen LogP contribution in [0.1, 0.15) is 10.4 Å². The highest BCUT2D eigenvalue weighted by molar-refractivity contribution is 6.02. The van der Waals surface area contributed by atoms with Gasteiger partial charge in [0.05, 0.1) is 5.52 Å². The topological polar surface area (TPSA) is 110 Å². The monoisotopic (exact) mass is 347 g/mol. The number of aromatic nitrogens is 2. The number of nitrogens with one attached hydrogen (secondary N) is 2. The van der Waals surface area contributed by atoms with Gasteiger partial charge < -0.3 is 16.4 Å². The fraction of sp³-hybridized carbons (Fsp3) is 0.0526.